The molecule has 1 N–H and O–H groups in total. The number of hydrogen-bond donors (Lipinski definition) is 1. The third kappa shape index (κ3) is 3.92. The summed E-state index contributed by atoms with van der Waals surface area (Å²) in [7, 11) is 0. The number of fused-ring (bicyclic) bond motifs is 1. The molecule has 0 radical (unpaired) electrons. The van der Waals surface area contributed by atoms with E-state index in [2.05, 4.69) is 35.4 Å². The van der Waals surface area contributed by atoms with Crippen LogP contribution in [0.5, 0.6) is 0 Å². The molecule has 3 aromatic rings. The molecule has 23 heavy (non-hydrogen) atoms. The van der Waals surface area contributed by atoms with Gasteiger partial charge < -0.3 is 5.32 Å². The van der Waals surface area contributed by atoms with E-state index in [1.165, 1.54) is 17.3 Å². The second-order valence-electron chi connectivity index (χ2n) is 5.38. The Labute approximate surface area is 144 Å². The molecular weight excluding hydrogens is 324 g/mol. The van der Waals surface area contributed by atoms with Crippen LogP contribution in [-0.2, 0) is 4.79 Å². The molecule has 118 valence electrons. The normalized spacial score (nSPS) is 12.3. The largest absolute Gasteiger partial charge is 0.349 e. The fourth-order valence-corrected chi connectivity index (χ4v) is 4.35. The lowest BCUT2D eigenvalue weighted by Gasteiger charge is -2.16. The predicted molar refractivity (Wildman–Crippen MR) is 98.1 cm³/mol. The van der Waals surface area contributed by atoms with Crippen LogP contribution in [0.15, 0.2) is 52.9 Å². The highest BCUT2D eigenvalue weighted by atomic mass is 32.2. The SMILES string of the molecule is Cc1ccccc1[C@H](C)NC(=O)CSc1nc2ccccc2s1. The Bertz CT molecular complexity index is 796. The summed E-state index contributed by atoms with van der Waals surface area (Å²) in [4.78, 5) is 16.7. The van der Waals surface area contributed by atoms with E-state index in [1.54, 1.807) is 11.3 Å². The lowest BCUT2D eigenvalue weighted by molar-refractivity contribution is -0.119. The molecule has 1 aromatic heterocycles. The fraction of sp³-hybridized carbons (Fsp3) is 0.222. The zero-order valence-corrected chi connectivity index (χ0v) is 14.7. The number of hydrogen-bond acceptors (Lipinski definition) is 4. The third-order valence-corrected chi connectivity index (χ3v) is 5.81. The number of thioether (sulfide) groups is 1. The summed E-state index contributed by atoms with van der Waals surface area (Å²) in [5.74, 6) is 0.417. The van der Waals surface area contributed by atoms with Gasteiger partial charge in [0.2, 0.25) is 5.91 Å². The first-order valence-electron chi connectivity index (χ1n) is 7.47. The quantitative estimate of drug-likeness (QED) is 0.690. The van der Waals surface area contributed by atoms with E-state index < -0.39 is 0 Å². The molecule has 0 aliphatic carbocycles. The Kier molecular flexibility index (Phi) is 4.98. The van der Waals surface area contributed by atoms with Crippen LogP contribution in [0.2, 0.25) is 0 Å². The number of rotatable bonds is 5. The van der Waals surface area contributed by atoms with Gasteiger partial charge in [0.15, 0.2) is 4.34 Å². The number of thiazole rings is 1. The zero-order valence-electron chi connectivity index (χ0n) is 13.1. The minimum atomic E-state index is 0.0136. The third-order valence-electron chi connectivity index (χ3n) is 3.63. The topological polar surface area (TPSA) is 42.0 Å². The molecule has 0 saturated carbocycles. The number of benzene rings is 2. The second-order valence-corrected chi connectivity index (χ2v) is 7.64. The summed E-state index contributed by atoms with van der Waals surface area (Å²) in [6.45, 7) is 4.08. The first-order chi connectivity index (χ1) is 11.1. The molecule has 0 spiro atoms. The van der Waals surface area contributed by atoms with Gasteiger partial charge in [-0.3, -0.25) is 4.79 Å². The van der Waals surface area contributed by atoms with E-state index in [-0.39, 0.29) is 11.9 Å². The van der Waals surface area contributed by atoms with Crippen molar-refractivity contribution < 1.29 is 4.79 Å². The maximum atomic E-state index is 12.2. The maximum absolute atomic E-state index is 12.2. The van der Waals surface area contributed by atoms with Crippen LogP contribution in [0.1, 0.15) is 24.1 Å². The van der Waals surface area contributed by atoms with Gasteiger partial charge in [-0.1, -0.05) is 48.2 Å². The summed E-state index contributed by atoms with van der Waals surface area (Å²) in [5.41, 5.74) is 3.35. The monoisotopic (exact) mass is 342 g/mol. The van der Waals surface area contributed by atoms with Gasteiger partial charge in [0.1, 0.15) is 0 Å². The van der Waals surface area contributed by atoms with Crippen LogP contribution in [-0.4, -0.2) is 16.6 Å². The summed E-state index contributed by atoms with van der Waals surface area (Å²) >= 11 is 3.12. The van der Waals surface area contributed by atoms with Gasteiger partial charge in [0.25, 0.3) is 0 Å². The lowest BCUT2D eigenvalue weighted by atomic mass is 10.0. The van der Waals surface area contributed by atoms with Gasteiger partial charge in [0.05, 0.1) is 22.0 Å². The number of aryl methyl sites for hydroxylation is 1. The van der Waals surface area contributed by atoms with Crippen molar-refractivity contribution in [2.45, 2.75) is 24.2 Å². The highest BCUT2D eigenvalue weighted by Gasteiger charge is 2.12. The van der Waals surface area contributed by atoms with E-state index in [1.807, 2.05) is 37.3 Å². The van der Waals surface area contributed by atoms with Crippen molar-refractivity contribution in [1.29, 1.82) is 0 Å². The number of nitrogens with one attached hydrogen (secondary N) is 1. The van der Waals surface area contributed by atoms with Crippen LogP contribution in [0.4, 0.5) is 0 Å². The van der Waals surface area contributed by atoms with Crippen molar-refractivity contribution in [1.82, 2.24) is 10.3 Å². The molecule has 0 saturated heterocycles. The number of carbonyl (C=O) groups excluding carboxylic acids is 1. The van der Waals surface area contributed by atoms with E-state index in [0.717, 1.165) is 20.1 Å². The van der Waals surface area contributed by atoms with E-state index in [9.17, 15) is 4.79 Å². The van der Waals surface area contributed by atoms with E-state index >= 15 is 0 Å². The van der Waals surface area contributed by atoms with E-state index in [0.29, 0.717) is 5.75 Å². The zero-order chi connectivity index (χ0) is 16.2. The molecule has 0 unspecified atom stereocenters. The Hall–Kier alpha value is -1.85. The average molecular weight is 342 g/mol. The van der Waals surface area contributed by atoms with Crippen LogP contribution in [0, 0.1) is 6.92 Å². The Morgan fingerprint density at radius 1 is 1.22 bits per heavy atom. The molecule has 3 nitrogen and oxygen atoms in total. The van der Waals surface area contributed by atoms with Crippen LogP contribution >= 0.6 is 23.1 Å². The number of para-hydroxylation sites is 1. The summed E-state index contributed by atoms with van der Waals surface area (Å²) in [6.07, 6.45) is 0. The molecule has 0 bridgehead atoms. The minimum Gasteiger partial charge on any atom is -0.349 e. The molecule has 0 aliphatic heterocycles. The van der Waals surface area contributed by atoms with Crippen LogP contribution in [0.25, 0.3) is 10.2 Å². The molecule has 1 amide bonds. The number of carbonyl (C=O) groups is 1. The maximum Gasteiger partial charge on any atom is 0.230 e. The smallest absolute Gasteiger partial charge is 0.230 e. The van der Waals surface area contributed by atoms with Crippen molar-refractivity contribution in [3.63, 3.8) is 0 Å². The second kappa shape index (κ2) is 7.15. The van der Waals surface area contributed by atoms with Gasteiger partial charge in [-0.05, 0) is 37.1 Å². The van der Waals surface area contributed by atoms with Crippen LogP contribution < -0.4 is 5.32 Å². The molecule has 1 atom stereocenters. The van der Waals surface area contributed by atoms with Gasteiger partial charge in [-0.15, -0.1) is 11.3 Å². The number of aromatic nitrogens is 1. The fourth-order valence-electron chi connectivity index (χ4n) is 2.47. The number of nitrogens with zero attached hydrogens (tertiary/aromatic N) is 1. The highest BCUT2D eigenvalue weighted by Crippen LogP contribution is 2.29. The number of amides is 1. The summed E-state index contributed by atoms with van der Waals surface area (Å²) in [6, 6.07) is 16.2. The molecular formula is C18H18N2OS2. The summed E-state index contributed by atoms with van der Waals surface area (Å²) < 4.78 is 2.09. The van der Waals surface area contributed by atoms with E-state index in [4.69, 9.17) is 0 Å². The predicted octanol–water partition coefficient (Wildman–Crippen LogP) is 4.57. The van der Waals surface area contributed by atoms with Crippen molar-refractivity contribution in [2.24, 2.45) is 0 Å². The van der Waals surface area contributed by atoms with Gasteiger partial charge >= 0.3 is 0 Å². The Morgan fingerprint density at radius 2 is 1.96 bits per heavy atom. The van der Waals surface area contributed by atoms with Crippen molar-refractivity contribution in [2.75, 3.05) is 5.75 Å². The van der Waals surface area contributed by atoms with Gasteiger partial charge in [-0.25, -0.2) is 4.98 Å². The Morgan fingerprint density at radius 3 is 2.74 bits per heavy atom. The van der Waals surface area contributed by atoms with Crippen LogP contribution in [0.3, 0.4) is 0 Å². The highest BCUT2D eigenvalue weighted by molar-refractivity contribution is 8.01. The molecule has 3 rings (SSSR count). The molecule has 2 aromatic carbocycles. The first-order valence-corrected chi connectivity index (χ1v) is 9.27. The first kappa shape index (κ1) is 16.0. The average Bonchev–Trinajstić information content (AvgIpc) is 2.96. The van der Waals surface area contributed by atoms with Crippen molar-refractivity contribution >= 4 is 39.2 Å². The minimum absolute atomic E-state index is 0.0136. The molecule has 0 fully saturated rings. The molecule has 1 heterocycles. The van der Waals surface area contributed by atoms with Gasteiger partial charge in [0, 0.05) is 0 Å². The summed E-state index contributed by atoms with van der Waals surface area (Å²) in [5, 5.41) is 3.06. The molecule has 0 aliphatic rings. The standard InChI is InChI=1S/C18H18N2OS2/c1-12-7-3-4-8-14(12)13(2)19-17(21)11-22-18-20-15-9-5-6-10-16(15)23-18/h3-10,13H,11H2,1-2H3,(H,19,21)/t13-/m0/s1. The van der Waals surface area contributed by atoms with Crippen molar-refractivity contribution in [3.8, 4) is 0 Å². The lowest BCUT2D eigenvalue weighted by Crippen LogP contribution is -2.28. The van der Waals surface area contributed by atoms with Gasteiger partial charge in [-0.2, -0.15) is 0 Å². The van der Waals surface area contributed by atoms with Crippen molar-refractivity contribution in [3.05, 3.63) is 59.7 Å². The Balaban J connectivity index is 1.58. The molecule has 5 heteroatoms.